The van der Waals surface area contributed by atoms with Gasteiger partial charge in [0.05, 0.1) is 4.88 Å². The normalized spacial score (nSPS) is 9.49. The lowest BCUT2D eigenvalue weighted by Gasteiger charge is -2.05. The Kier molecular flexibility index (Phi) is 13.4. The number of amides is 1. The first-order valence-electron chi connectivity index (χ1n) is 11.7. The summed E-state index contributed by atoms with van der Waals surface area (Å²) in [5.74, 6) is 6.23. The summed E-state index contributed by atoms with van der Waals surface area (Å²) in [6.07, 6.45) is 10.3. The third-order valence-electron chi connectivity index (χ3n) is 5.06. The van der Waals surface area contributed by atoms with Crippen molar-refractivity contribution >= 4 is 35.5 Å². The lowest BCUT2D eigenvalue weighted by molar-refractivity contribution is 0.103. The highest BCUT2D eigenvalue weighted by molar-refractivity contribution is 7.44. The SMILES string of the molecule is Cc1cccnc1.Cc1ccsc1C(=O)Nc1cccc(C#Cc2cncc(CCCCN)c2)c1.O=S. The number of hydrogen-bond acceptors (Lipinski definition) is 7. The van der Waals surface area contributed by atoms with Crippen LogP contribution in [0.4, 0.5) is 5.69 Å². The van der Waals surface area contributed by atoms with Crippen LogP contribution >= 0.6 is 11.3 Å². The van der Waals surface area contributed by atoms with E-state index in [2.05, 4.69) is 45.7 Å². The molecule has 1 aromatic carbocycles. The molecule has 0 aliphatic rings. The van der Waals surface area contributed by atoms with Crippen molar-refractivity contribution in [2.45, 2.75) is 33.1 Å². The molecule has 0 aliphatic heterocycles. The van der Waals surface area contributed by atoms with Crippen LogP contribution in [0.5, 0.6) is 0 Å². The first kappa shape index (κ1) is 29.5. The van der Waals surface area contributed by atoms with E-state index < -0.39 is 0 Å². The Labute approximate surface area is 227 Å². The van der Waals surface area contributed by atoms with Crippen molar-refractivity contribution in [3.8, 4) is 11.8 Å². The number of nitrogens with two attached hydrogens (primary N) is 1. The molecule has 0 saturated heterocycles. The molecule has 0 atom stereocenters. The highest BCUT2D eigenvalue weighted by Gasteiger charge is 2.10. The minimum absolute atomic E-state index is 0.0908. The fourth-order valence-electron chi connectivity index (χ4n) is 3.23. The number of nitrogens with zero attached hydrogens (tertiary/aromatic N) is 2. The van der Waals surface area contributed by atoms with Crippen molar-refractivity contribution in [2.75, 3.05) is 11.9 Å². The molecule has 4 rings (SSSR count). The molecule has 0 fully saturated rings. The number of anilines is 1. The molecular formula is C29H30N4O2S2. The van der Waals surface area contributed by atoms with E-state index in [1.165, 1.54) is 22.5 Å². The highest BCUT2D eigenvalue weighted by atomic mass is 32.1. The lowest BCUT2D eigenvalue weighted by Crippen LogP contribution is -2.11. The Morgan fingerprint density at radius 1 is 0.973 bits per heavy atom. The number of nitrogens with one attached hydrogen (secondary N) is 1. The van der Waals surface area contributed by atoms with E-state index >= 15 is 0 Å². The summed E-state index contributed by atoms with van der Waals surface area (Å²) >= 11 is 4.28. The minimum Gasteiger partial charge on any atom is -0.330 e. The Hall–Kier alpha value is -3.77. The Morgan fingerprint density at radius 3 is 2.43 bits per heavy atom. The van der Waals surface area contributed by atoms with Gasteiger partial charge in [-0.1, -0.05) is 24.0 Å². The smallest absolute Gasteiger partial charge is 0.265 e. The van der Waals surface area contributed by atoms with Gasteiger partial charge in [0.15, 0.2) is 12.5 Å². The number of hydrogen-bond donors (Lipinski definition) is 2. The van der Waals surface area contributed by atoms with Gasteiger partial charge in [-0.25, -0.2) is 0 Å². The average molecular weight is 531 g/mol. The zero-order chi connectivity index (χ0) is 26.9. The van der Waals surface area contributed by atoms with E-state index in [4.69, 9.17) is 9.94 Å². The average Bonchev–Trinajstić information content (AvgIpc) is 3.36. The molecule has 0 spiro atoms. The summed E-state index contributed by atoms with van der Waals surface area (Å²) in [6.45, 7) is 4.67. The van der Waals surface area contributed by atoms with Gasteiger partial charge in [-0.05, 0) is 98.1 Å². The van der Waals surface area contributed by atoms with Crippen LogP contribution in [0.3, 0.4) is 0 Å². The van der Waals surface area contributed by atoms with Crippen molar-refractivity contribution in [1.82, 2.24) is 9.97 Å². The Morgan fingerprint density at radius 2 is 1.78 bits per heavy atom. The zero-order valence-corrected chi connectivity index (χ0v) is 22.6. The van der Waals surface area contributed by atoms with Gasteiger partial charge < -0.3 is 11.1 Å². The molecule has 6 nitrogen and oxygen atoms in total. The van der Waals surface area contributed by atoms with E-state index in [0.29, 0.717) is 6.54 Å². The van der Waals surface area contributed by atoms with E-state index in [-0.39, 0.29) is 5.91 Å². The van der Waals surface area contributed by atoms with Crippen LogP contribution in [0.15, 0.2) is 78.7 Å². The van der Waals surface area contributed by atoms with Crippen molar-refractivity contribution < 1.29 is 9.00 Å². The molecule has 0 unspecified atom stereocenters. The number of aryl methyl sites for hydroxylation is 3. The molecule has 3 heterocycles. The van der Waals surface area contributed by atoms with Gasteiger partial charge in [-0.2, -0.15) is 4.21 Å². The van der Waals surface area contributed by atoms with Crippen molar-refractivity contribution in [3.63, 3.8) is 0 Å². The summed E-state index contributed by atoms with van der Waals surface area (Å²) in [5, 5.41) is 4.86. The van der Waals surface area contributed by atoms with Gasteiger partial charge in [0.2, 0.25) is 0 Å². The summed E-state index contributed by atoms with van der Waals surface area (Å²) in [7, 11) is 0. The second-order valence-electron chi connectivity index (χ2n) is 8.08. The highest BCUT2D eigenvalue weighted by Crippen LogP contribution is 2.18. The first-order valence-corrected chi connectivity index (χ1v) is 12.9. The zero-order valence-electron chi connectivity index (χ0n) is 20.9. The molecule has 3 N–H and O–H groups in total. The van der Waals surface area contributed by atoms with Crippen LogP contribution in [0.25, 0.3) is 0 Å². The molecule has 37 heavy (non-hydrogen) atoms. The quantitative estimate of drug-likeness (QED) is 0.255. The third kappa shape index (κ3) is 10.8. The van der Waals surface area contributed by atoms with Gasteiger partial charge in [-0.3, -0.25) is 14.8 Å². The van der Waals surface area contributed by atoms with Crippen LogP contribution in [0, 0.1) is 25.7 Å². The molecule has 8 heteroatoms. The lowest BCUT2D eigenvalue weighted by atomic mass is 10.1. The van der Waals surface area contributed by atoms with E-state index in [0.717, 1.165) is 46.5 Å². The van der Waals surface area contributed by atoms with Crippen molar-refractivity contribution in [1.29, 1.82) is 0 Å². The molecule has 3 aromatic heterocycles. The van der Waals surface area contributed by atoms with Crippen LogP contribution in [-0.2, 0) is 19.0 Å². The van der Waals surface area contributed by atoms with Crippen molar-refractivity contribution in [3.05, 3.63) is 111 Å². The van der Waals surface area contributed by atoms with Gasteiger partial charge >= 0.3 is 0 Å². The second kappa shape index (κ2) is 16.8. The molecular weight excluding hydrogens is 500 g/mol. The fourth-order valence-corrected chi connectivity index (χ4v) is 4.05. The fraction of sp³-hybridized carbons (Fsp3) is 0.207. The molecule has 0 radical (unpaired) electrons. The third-order valence-corrected chi connectivity index (χ3v) is 6.08. The summed E-state index contributed by atoms with van der Waals surface area (Å²) in [6, 6.07) is 15.5. The Balaban J connectivity index is 0.000000455. The number of thiophene rings is 1. The van der Waals surface area contributed by atoms with E-state index in [9.17, 15) is 4.79 Å². The second-order valence-corrected chi connectivity index (χ2v) is 8.99. The van der Waals surface area contributed by atoms with Crippen LogP contribution in [0.1, 0.15) is 50.3 Å². The predicted molar refractivity (Wildman–Crippen MR) is 153 cm³/mol. The molecule has 0 bridgehead atoms. The Bertz CT molecular complexity index is 1310. The maximum atomic E-state index is 12.4. The van der Waals surface area contributed by atoms with Gasteiger partial charge in [0.25, 0.3) is 5.91 Å². The monoisotopic (exact) mass is 530 g/mol. The van der Waals surface area contributed by atoms with Gasteiger partial charge in [0, 0.05) is 41.6 Å². The first-order chi connectivity index (χ1) is 18.0. The van der Waals surface area contributed by atoms with E-state index in [1.54, 1.807) is 12.4 Å². The number of benzene rings is 1. The number of aromatic nitrogens is 2. The summed E-state index contributed by atoms with van der Waals surface area (Å²) in [4.78, 5) is 21.3. The minimum atomic E-state index is -0.0908. The number of carbonyl (C=O) groups is 1. The number of rotatable bonds is 6. The molecule has 0 saturated carbocycles. The largest absolute Gasteiger partial charge is 0.330 e. The number of pyridine rings is 2. The molecule has 1 amide bonds. The van der Waals surface area contributed by atoms with Crippen LogP contribution in [-0.4, -0.2) is 26.6 Å². The maximum Gasteiger partial charge on any atom is 0.265 e. The maximum absolute atomic E-state index is 12.4. The topological polar surface area (TPSA) is 98.0 Å². The van der Waals surface area contributed by atoms with Gasteiger partial charge in [-0.15, -0.1) is 11.3 Å². The predicted octanol–water partition coefficient (Wildman–Crippen LogP) is 5.44. The van der Waals surface area contributed by atoms with Gasteiger partial charge in [0.1, 0.15) is 0 Å². The molecule has 4 aromatic rings. The molecule has 0 aliphatic carbocycles. The summed E-state index contributed by atoms with van der Waals surface area (Å²) in [5.41, 5.74) is 11.4. The van der Waals surface area contributed by atoms with Crippen LogP contribution in [0.2, 0.25) is 0 Å². The number of carbonyl (C=O) groups excluding carboxylic acids is 1. The van der Waals surface area contributed by atoms with E-state index in [1.807, 2.05) is 74.1 Å². The standard InChI is InChI=1S/C23H23N3OS.C6H7N.OS/c1-17-10-12-28-22(17)23(27)26-21-7-4-6-18(14-21)8-9-20-13-19(15-25-16-20)5-2-3-11-24;1-6-3-2-4-7-5-6;1-2/h4,6-7,10,12-16H,2-3,5,11,24H2,1H3,(H,26,27);2-5H,1H3;. The van der Waals surface area contributed by atoms with Crippen LogP contribution < -0.4 is 11.1 Å². The molecule has 190 valence electrons. The summed E-state index contributed by atoms with van der Waals surface area (Å²) < 4.78 is 7.83. The number of unbranched alkanes of at least 4 members (excludes halogenated alkanes) is 1. The van der Waals surface area contributed by atoms with Crippen molar-refractivity contribution in [2.24, 2.45) is 5.73 Å².